The molecule has 1 saturated carbocycles. The number of thioether (sulfide) groups is 1. The van der Waals surface area contributed by atoms with Gasteiger partial charge in [-0.05, 0) is 31.4 Å². The van der Waals surface area contributed by atoms with E-state index in [0.29, 0.717) is 4.75 Å². The van der Waals surface area contributed by atoms with Crippen LogP contribution < -0.4 is 5.32 Å². The number of nitrogens with one attached hydrogen (secondary N) is 1. The molecule has 0 saturated heterocycles. The average Bonchev–Trinajstić information content (AvgIpc) is 2.30. The van der Waals surface area contributed by atoms with E-state index in [1.54, 1.807) is 0 Å². The summed E-state index contributed by atoms with van der Waals surface area (Å²) in [5, 5.41) is 3.67. The molecule has 0 aromatic heterocycles. The van der Waals surface area contributed by atoms with Gasteiger partial charge in [0.15, 0.2) is 0 Å². The van der Waals surface area contributed by atoms with Gasteiger partial charge >= 0.3 is 0 Å². The van der Waals surface area contributed by atoms with Gasteiger partial charge in [-0.1, -0.05) is 31.4 Å². The van der Waals surface area contributed by atoms with Crippen molar-refractivity contribution in [2.75, 3.05) is 11.9 Å². The van der Waals surface area contributed by atoms with Crippen LogP contribution in [-0.2, 0) is 0 Å². The van der Waals surface area contributed by atoms with Crippen LogP contribution >= 0.6 is 11.8 Å². The molecule has 0 bridgehead atoms. The standard InChI is InChI=1S/C14H19NS/c1-11-6-5-7-12-13(11)15-10-14(16-12)8-3-2-4-9-14/h5-7,15H,2-4,8-10H2,1H3. The van der Waals surface area contributed by atoms with Crippen LogP contribution in [0.1, 0.15) is 37.7 Å². The average molecular weight is 233 g/mol. The van der Waals surface area contributed by atoms with Gasteiger partial charge in [0.25, 0.3) is 0 Å². The molecule has 1 aliphatic carbocycles. The molecular formula is C14H19NS. The summed E-state index contributed by atoms with van der Waals surface area (Å²) in [6, 6.07) is 6.66. The lowest BCUT2D eigenvalue weighted by Crippen LogP contribution is -2.38. The first kappa shape index (κ1) is 10.5. The zero-order valence-corrected chi connectivity index (χ0v) is 10.7. The van der Waals surface area contributed by atoms with E-state index in [2.05, 4.69) is 42.2 Å². The first-order valence-electron chi connectivity index (χ1n) is 6.32. The van der Waals surface area contributed by atoms with Gasteiger partial charge < -0.3 is 5.32 Å². The van der Waals surface area contributed by atoms with Crippen LogP contribution in [0.5, 0.6) is 0 Å². The van der Waals surface area contributed by atoms with Crippen LogP contribution in [0.2, 0.25) is 0 Å². The lowest BCUT2D eigenvalue weighted by molar-refractivity contribution is 0.408. The number of hydrogen-bond acceptors (Lipinski definition) is 2. The van der Waals surface area contributed by atoms with Gasteiger partial charge in [0.1, 0.15) is 0 Å². The molecule has 0 radical (unpaired) electrons. The number of rotatable bonds is 0. The van der Waals surface area contributed by atoms with E-state index >= 15 is 0 Å². The predicted molar refractivity (Wildman–Crippen MR) is 71.3 cm³/mol. The molecule has 16 heavy (non-hydrogen) atoms. The highest BCUT2D eigenvalue weighted by atomic mass is 32.2. The van der Waals surface area contributed by atoms with E-state index in [0.717, 1.165) is 6.54 Å². The summed E-state index contributed by atoms with van der Waals surface area (Å²) >= 11 is 2.13. The number of benzene rings is 1. The van der Waals surface area contributed by atoms with Gasteiger partial charge in [-0.3, -0.25) is 0 Å². The molecular weight excluding hydrogens is 214 g/mol. The molecule has 1 heterocycles. The molecule has 1 aromatic rings. The van der Waals surface area contributed by atoms with E-state index in [9.17, 15) is 0 Å². The van der Waals surface area contributed by atoms with Gasteiger partial charge in [-0.25, -0.2) is 0 Å². The fourth-order valence-electron chi connectivity index (χ4n) is 2.95. The van der Waals surface area contributed by atoms with Crippen LogP contribution in [0.25, 0.3) is 0 Å². The third-order valence-corrected chi connectivity index (χ3v) is 5.46. The topological polar surface area (TPSA) is 12.0 Å². The van der Waals surface area contributed by atoms with Crippen molar-refractivity contribution in [2.45, 2.75) is 48.7 Å². The monoisotopic (exact) mass is 233 g/mol. The molecule has 1 nitrogen and oxygen atoms in total. The maximum Gasteiger partial charge on any atom is 0.0508 e. The predicted octanol–water partition coefficient (Wildman–Crippen LogP) is 4.22. The van der Waals surface area contributed by atoms with Crippen LogP contribution in [0, 0.1) is 6.92 Å². The largest absolute Gasteiger partial charge is 0.383 e. The maximum atomic E-state index is 3.67. The van der Waals surface area contributed by atoms with E-state index in [1.807, 2.05) is 0 Å². The quantitative estimate of drug-likeness (QED) is 0.720. The molecule has 0 atom stereocenters. The molecule has 1 fully saturated rings. The summed E-state index contributed by atoms with van der Waals surface area (Å²) in [5.41, 5.74) is 2.76. The Kier molecular flexibility index (Phi) is 2.62. The molecule has 1 aromatic carbocycles. The highest BCUT2D eigenvalue weighted by molar-refractivity contribution is 8.01. The van der Waals surface area contributed by atoms with Crippen molar-refractivity contribution in [1.82, 2.24) is 0 Å². The van der Waals surface area contributed by atoms with Crippen LogP contribution in [-0.4, -0.2) is 11.3 Å². The van der Waals surface area contributed by atoms with Crippen molar-refractivity contribution in [3.8, 4) is 0 Å². The second-order valence-corrected chi connectivity index (χ2v) is 6.66. The second kappa shape index (κ2) is 3.99. The fourth-order valence-corrected chi connectivity index (χ4v) is 4.53. The van der Waals surface area contributed by atoms with Crippen molar-refractivity contribution < 1.29 is 0 Å². The number of hydrogen-bond donors (Lipinski definition) is 1. The van der Waals surface area contributed by atoms with Crippen LogP contribution in [0.15, 0.2) is 23.1 Å². The van der Waals surface area contributed by atoms with Crippen molar-refractivity contribution in [3.63, 3.8) is 0 Å². The minimum atomic E-state index is 0.499. The minimum Gasteiger partial charge on any atom is -0.383 e. The Bertz CT molecular complexity index is 394. The Balaban J connectivity index is 1.91. The molecule has 1 aliphatic heterocycles. The van der Waals surface area contributed by atoms with Gasteiger partial charge in [0.2, 0.25) is 0 Å². The van der Waals surface area contributed by atoms with Gasteiger partial charge in [0.05, 0.1) is 5.69 Å². The molecule has 1 spiro atoms. The number of para-hydroxylation sites is 1. The van der Waals surface area contributed by atoms with Crippen LogP contribution in [0.4, 0.5) is 5.69 Å². The number of anilines is 1. The first-order chi connectivity index (χ1) is 7.79. The van der Waals surface area contributed by atoms with Gasteiger partial charge in [-0.2, -0.15) is 0 Å². The van der Waals surface area contributed by atoms with Gasteiger partial charge in [0, 0.05) is 16.2 Å². The molecule has 0 amide bonds. The third-order valence-electron chi connectivity index (χ3n) is 3.91. The van der Waals surface area contributed by atoms with Gasteiger partial charge in [-0.15, -0.1) is 11.8 Å². The summed E-state index contributed by atoms with van der Waals surface area (Å²) in [6.07, 6.45) is 7.03. The van der Waals surface area contributed by atoms with Crippen molar-refractivity contribution in [3.05, 3.63) is 23.8 Å². The van der Waals surface area contributed by atoms with E-state index < -0.39 is 0 Å². The number of aryl methyl sites for hydroxylation is 1. The lowest BCUT2D eigenvalue weighted by atomic mass is 9.88. The first-order valence-corrected chi connectivity index (χ1v) is 7.13. The van der Waals surface area contributed by atoms with Crippen molar-refractivity contribution >= 4 is 17.4 Å². The second-order valence-electron chi connectivity index (χ2n) is 5.15. The highest BCUT2D eigenvalue weighted by Gasteiger charge is 2.36. The van der Waals surface area contributed by atoms with E-state index in [1.165, 1.54) is 48.3 Å². The fraction of sp³-hybridized carbons (Fsp3) is 0.571. The zero-order chi connectivity index (χ0) is 11.0. The Hall–Kier alpha value is -0.630. The molecule has 1 N–H and O–H groups in total. The van der Waals surface area contributed by atoms with Crippen LogP contribution in [0.3, 0.4) is 0 Å². The van der Waals surface area contributed by atoms with E-state index in [4.69, 9.17) is 0 Å². The molecule has 86 valence electrons. The molecule has 2 heteroatoms. The third kappa shape index (κ3) is 1.73. The summed E-state index contributed by atoms with van der Waals surface area (Å²) in [7, 11) is 0. The summed E-state index contributed by atoms with van der Waals surface area (Å²) < 4.78 is 0.499. The lowest BCUT2D eigenvalue weighted by Gasteiger charge is -2.41. The molecule has 3 rings (SSSR count). The van der Waals surface area contributed by atoms with Crippen molar-refractivity contribution in [1.29, 1.82) is 0 Å². The van der Waals surface area contributed by atoms with Crippen molar-refractivity contribution in [2.24, 2.45) is 0 Å². The highest BCUT2D eigenvalue weighted by Crippen LogP contribution is 2.49. The maximum absolute atomic E-state index is 3.67. The molecule has 0 unspecified atom stereocenters. The SMILES string of the molecule is Cc1cccc2c1NCC1(CCCCC1)S2. The summed E-state index contributed by atoms with van der Waals surface area (Å²) in [6.45, 7) is 3.36. The summed E-state index contributed by atoms with van der Waals surface area (Å²) in [4.78, 5) is 1.47. The Labute approximate surface area is 102 Å². The van der Waals surface area contributed by atoms with E-state index in [-0.39, 0.29) is 0 Å². The Morgan fingerprint density at radius 1 is 1.19 bits per heavy atom. The molecule has 2 aliphatic rings. The Morgan fingerprint density at radius 2 is 2.00 bits per heavy atom. The smallest absolute Gasteiger partial charge is 0.0508 e. The zero-order valence-electron chi connectivity index (χ0n) is 9.88. The minimum absolute atomic E-state index is 0.499. The summed E-state index contributed by atoms with van der Waals surface area (Å²) in [5.74, 6) is 0. The number of fused-ring (bicyclic) bond motifs is 1. The normalized spacial score (nSPS) is 22.6. The Morgan fingerprint density at radius 3 is 2.81 bits per heavy atom.